The monoisotopic (exact) mass is 300 g/mol. The van der Waals surface area contributed by atoms with E-state index in [-0.39, 0.29) is 12.4 Å². The average Bonchev–Trinajstić information content (AvgIpc) is 2.42. The maximum absolute atomic E-state index is 6.01. The van der Waals surface area contributed by atoms with Gasteiger partial charge in [-0.05, 0) is 49.4 Å². The second-order valence-corrected chi connectivity index (χ2v) is 5.31. The Hall–Kier alpha value is -0.890. The topological polar surface area (TPSA) is 18.5 Å². The molecule has 116 valence electrons. The standard InChI is InChI=1S/C17H28O2.ClH/c1-6-8-9-15(7-2)12-19-17-11-13(3)16(18-5)10-14(17)4;/h10-11,15H,6-9,12H2,1-5H3;1H. The molecule has 3 heteroatoms. The van der Waals surface area contributed by atoms with Crippen LogP contribution in [0.4, 0.5) is 0 Å². The Kier molecular flexibility index (Phi) is 9.49. The minimum Gasteiger partial charge on any atom is -0.496 e. The van der Waals surface area contributed by atoms with Crippen molar-refractivity contribution < 1.29 is 9.47 Å². The van der Waals surface area contributed by atoms with Crippen LogP contribution in [-0.2, 0) is 0 Å². The Morgan fingerprint density at radius 2 is 1.65 bits per heavy atom. The summed E-state index contributed by atoms with van der Waals surface area (Å²) in [6, 6.07) is 4.14. The van der Waals surface area contributed by atoms with Gasteiger partial charge in [-0.1, -0.05) is 33.1 Å². The fourth-order valence-electron chi connectivity index (χ4n) is 2.24. The van der Waals surface area contributed by atoms with E-state index in [1.165, 1.54) is 25.7 Å². The van der Waals surface area contributed by atoms with Crippen LogP contribution in [-0.4, -0.2) is 13.7 Å². The SMILES string of the molecule is CCCCC(CC)COc1cc(C)c(OC)cc1C.Cl. The molecule has 0 saturated heterocycles. The van der Waals surface area contributed by atoms with Gasteiger partial charge in [0.2, 0.25) is 0 Å². The number of benzene rings is 1. The van der Waals surface area contributed by atoms with E-state index in [1.54, 1.807) is 7.11 Å². The maximum Gasteiger partial charge on any atom is 0.122 e. The van der Waals surface area contributed by atoms with Gasteiger partial charge in [-0.15, -0.1) is 12.4 Å². The van der Waals surface area contributed by atoms with Crippen molar-refractivity contribution in [3.05, 3.63) is 23.3 Å². The molecule has 1 unspecified atom stereocenters. The first-order valence-electron chi connectivity index (χ1n) is 7.40. The number of methoxy groups -OCH3 is 1. The first-order chi connectivity index (χ1) is 9.12. The van der Waals surface area contributed by atoms with Crippen molar-refractivity contribution in [3.8, 4) is 11.5 Å². The van der Waals surface area contributed by atoms with Gasteiger partial charge in [0.05, 0.1) is 13.7 Å². The van der Waals surface area contributed by atoms with Crippen LogP contribution in [0.5, 0.6) is 11.5 Å². The van der Waals surface area contributed by atoms with E-state index in [9.17, 15) is 0 Å². The van der Waals surface area contributed by atoms with E-state index in [0.29, 0.717) is 5.92 Å². The van der Waals surface area contributed by atoms with Crippen molar-refractivity contribution in [1.29, 1.82) is 0 Å². The highest BCUT2D eigenvalue weighted by molar-refractivity contribution is 5.85. The number of ether oxygens (including phenoxy) is 2. The maximum atomic E-state index is 6.01. The summed E-state index contributed by atoms with van der Waals surface area (Å²) in [4.78, 5) is 0. The molecule has 1 rings (SSSR count). The Morgan fingerprint density at radius 1 is 1.05 bits per heavy atom. The molecular weight excluding hydrogens is 272 g/mol. The summed E-state index contributed by atoms with van der Waals surface area (Å²) >= 11 is 0. The van der Waals surface area contributed by atoms with Crippen molar-refractivity contribution in [2.24, 2.45) is 5.92 Å². The highest BCUT2D eigenvalue weighted by Gasteiger charge is 2.10. The van der Waals surface area contributed by atoms with Gasteiger partial charge < -0.3 is 9.47 Å². The lowest BCUT2D eigenvalue weighted by Gasteiger charge is -2.18. The van der Waals surface area contributed by atoms with Gasteiger partial charge >= 0.3 is 0 Å². The zero-order valence-corrected chi connectivity index (χ0v) is 14.3. The zero-order chi connectivity index (χ0) is 14.3. The highest BCUT2D eigenvalue weighted by atomic mass is 35.5. The summed E-state index contributed by atoms with van der Waals surface area (Å²) in [5, 5.41) is 0. The molecule has 0 saturated carbocycles. The molecule has 0 radical (unpaired) electrons. The predicted molar refractivity (Wildman–Crippen MR) is 88.5 cm³/mol. The van der Waals surface area contributed by atoms with Crippen LogP contribution in [0.3, 0.4) is 0 Å². The van der Waals surface area contributed by atoms with Crippen molar-refractivity contribution in [3.63, 3.8) is 0 Å². The Morgan fingerprint density at radius 3 is 2.20 bits per heavy atom. The number of hydrogen-bond acceptors (Lipinski definition) is 2. The van der Waals surface area contributed by atoms with Gasteiger partial charge in [-0.2, -0.15) is 0 Å². The fourth-order valence-corrected chi connectivity index (χ4v) is 2.24. The van der Waals surface area contributed by atoms with Gasteiger partial charge in [0.1, 0.15) is 11.5 Å². The van der Waals surface area contributed by atoms with Crippen molar-refractivity contribution in [2.45, 2.75) is 53.4 Å². The molecule has 0 aromatic heterocycles. The number of rotatable bonds is 8. The van der Waals surface area contributed by atoms with E-state index < -0.39 is 0 Å². The number of hydrogen-bond donors (Lipinski definition) is 0. The predicted octanol–water partition coefficient (Wildman–Crippen LogP) is 5.33. The molecule has 1 aromatic rings. The van der Waals surface area contributed by atoms with Crippen molar-refractivity contribution in [1.82, 2.24) is 0 Å². The first-order valence-corrected chi connectivity index (χ1v) is 7.40. The minimum atomic E-state index is 0. The van der Waals surface area contributed by atoms with Crippen molar-refractivity contribution in [2.75, 3.05) is 13.7 Å². The molecule has 0 heterocycles. The van der Waals surface area contributed by atoms with Crippen LogP contribution in [0, 0.1) is 19.8 Å². The molecule has 20 heavy (non-hydrogen) atoms. The lowest BCUT2D eigenvalue weighted by atomic mass is 10.0. The van der Waals surface area contributed by atoms with Crippen LogP contribution in [0.1, 0.15) is 50.7 Å². The third kappa shape index (κ3) is 5.62. The van der Waals surface area contributed by atoms with E-state index in [0.717, 1.165) is 29.2 Å². The van der Waals surface area contributed by atoms with Crippen LogP contribution < -0.4 is 9.47 Å². The van der Waals surface area contributed by atoms with Gasteiger partial charge in [0, 0.05) is 0 Å². The van der Waals surface area contributed by atoms with Crippen molar-refractivity contribution >= 4 is 12.4 Å². The normalized spacial score (nSPS) is 11.7. The Labute approximate surface area is 130 Å². The molecule has 1 atom stereocenters. The quantitative estimate of drug-likeness (QED) is 0.646. The second-order valence-electron chi connectivity index (χ2n) is 5.31. The van der Waals surface area contributed by atoms with Gasteiger partial charge in [0.15, 0.2) is 0 Å². The summed E-state index contributed by atoms with van der Waals surface area (Å²) in [5.74, 6) is 2.60. The highest BCUT2D eigenvalue weighted by Crippen LogP contribution is 2.28. The third-order valence-corrected chi connectivity index (χ3v) is 3.71. The lowest BCUT2D eigenvalue weighted by Crippen LogP contribution is -2.12. The Balaban J connectivity index is 0.00000361. The van der Waals surface area contributed by atoms with Gasteiger partial charge in [0.25, 0.3) is 0 Å². The third-order valence-electron chi connectivity index (χ3n) is 3.71. The van der Waals surface area contributed by atoms with E-state index in [1.807, 2.05) is 0 Å². The molecule has 0 spiro atoms. The van der Waals surface area contributed by atoms with E-state index in [4.69, 9.17) is 9.47 Å². The van der Waals surface area contributed by atoms with Gasteiger partial charge in [-0.25, -0.2) is 0 Å². The van der Waals surface area contributed by atoms with Crippen LogP contribution >= 0.6 is 12.4 Å². The smallest absolute Gasteiger partial charge is 0.122 e. The minimum absolute atomic E-state index is 0. The number of halogens is 1. The summed E-state index contributed by atoms with van der Waals surface area (Å²) in [6.45, 7) is 9.44. The first kappa shape index (κ1) is 19.1. The summed E-state index contributed by atoms with van der Waals surface area (Å²) in [5.41, 5.74) is 2.28. The average molecular weight is 301 g/mol. The second kappa shape index (κ2) is 9.93. The molecule has 0 fully saturated rings. The molecule has 0 aliphatic heterocycles. The van der Waals surface area contributed by atoms with E-state index >= 15 is 0 Å². The molecule has 0 bridgehead atoms. The fraction of sp³-hybridized carbons (Fsp3) is 0.647. The zero-order valence-electron chi connectivity index (χ0n) is 13.5. The Bertz CT molecular complexity index is 391. The van der Waals surface area contributed by atoms with Crippen LogP contribution in [0.25, 0.3) is 0 Å². The molecule has 0 aliphatic rings. The molecule has 0 N–H and O–H groups in total. The summed E-state index contributed by atoms with van der Waals surface area (Å²) in [6.07, 6.45) is 5.01. The molecule has 1 aromatic carbocycles. The van der Waals surface area contributed by atoms with Crippen LogP contribution in [0.15, 0.2) is 12.1 Å². The lowest BCUT2D eigenvalue weighted by molar-refractivity contribution is 0.231. The molecule has 0 aliphatic carbocycles. The largest absolute Gasteiger partial charge is 0.496 e. The summed E-state index contributed by atoms with van der Waals surface area (Å²) in [7, 11) is 1.71. The number of unbranched alkanes of at least 4 members (excludes halogenated alkanes) is 1. The molecule has 0 amide bonds. The van der Waals surface area contributed by atoms with Crippen LogP contribution in [0.2, 0.25) is 0 Å². The molecule has 2 nitrogen and oxygen atoms in total. The summed E-state index contributed by atoms with van der Waals surface area (Å²) < 4.78 is 11.3. The van der Waals surface area contributed by atoms with E-state index in [2.05, 4.69) is 39.8 Å². The number of aryl methyl sites for hydroxylation is 2. The molecular formula is C17H29ClO2. The van der Waals surface area contributed by atoms with Gasteiger partial charge in [-0.3, -0.25) is 0 Å².